The molecule has 0 bridgehead atoms. The van der Waals surface area contributed by atoms with Gasteiger partial charge >= 0.3 is 10.2 Å². The summed E-state index contributed by atoms with van der Waals surface area (Å²) >= 11 is 0. The lowest BCUT2D eigenvalue weighted by Gasteiger charge is -2.03. The number of hydrogen-bond donors (Lipinski definition) is 1. The van der Waals surface area contributed by atoms with Crippen LogP contribution in [0.25, 0.3) is 0 Å². The van der Waals surface area contributed by atoms with E-state index >= 15 is 0 Å². The fourth-order valence-corrected chi connectivity index (χ4v) is 1.39. The maximum Gasteiger partial charge on any atom is 0.332 e. The summed E-state index contributed by atoms with van der Waals surface area (Å²) < 4.78 is 33.4. The van der Waals surface area contributed by atoms with E-state index in [0.29, 0.717) is 5.69 Å². The summed E-state index contributed by atoms with van der Waals surface area (Å²) in [7, 11) is -4.68. The van der Waals surface area contributed by atoms with Crippen LogP contribution in [0.3, 0.4) is 0 Å². The Bertz CT molecular complexity index is 453. The van der Waals surface area contributed by atoms with Gasteiger partial charge in [-0.1, -0.05) is 0 Å². The molecule has 4 nitrogen and oxygen atoms in total. The first-order valence-corrected chi connectivity index (χ1v) is 5.45. The predicted molar refractivity (Wildman–Crippen MR) is 53.3 cm³/mol. The molecule has 81 valence electrons. The molecule has 0 aliphatic carbocycles. The maximum absolute atomic E-state index is 12.5. The van der Waals surface area contributed by atoms with E-state index in [1.54, 1.807) is 0 Å². The van der Waals surface area contributed by atoms with Crippen molar-refractivity contribution < 1.29 is 17.1 Å². The second-order valence-corrected chi connectivity index (χ2v) is 4.11. The summed E-state index contributed by atoms with van der Waals surface area (Å²) in [5, 5.41) is 2.45. The summed E-state index contributed by atoms with van der Waals surface area (Å²) in [5.41, 5.74) is 0.399. The van der Waals surface area contributed by atoms with Crippen molar-refractivity contribution in [2.75, 3.05) is 5.32 Å². The van der Waals surface area contributed by atoms with Gasteiger partial charge in [-0.25, -0.2) is 0 Å². The largest absolute Gasteiger partial charge is 0.332 e. The van der Waals surface area contributed by atoms with Gasteiger partial charge in [0.1, 0.15) is 0 Å². The second kappa shape index (κ2) is 4.39. The van der Waals surface area contributed by atoms with Crippen LogP contribution in [-0.4, -0.2) is 14.3 Å². The van der Waals surface area contributed by atoms with Crippen LogP contribution in [-0.2, 0) is 15.0 Å². The Labute approximate surface area is 87.3 Å². The molecule has 0 aliphatic rings. The number of rotatable bonds is 3. The molecule has 0 fully saturated rings. The number of halogens is 1. The van der Waals surface area contributed by atoms with Gasteiger partial charge in [-0.15, -0.1) is 3.89 Å². The smallest absolute Gasteiger partial charge is 0.326 e. The van der Waals surface area contributed by atoms with E-state index in [4.69, 9.17) is 0 Å². The van der Waals surface area contributed by atoms with Crippen molar-refractivity contribution in [3.8, 4) is 0 Å². The number of carbonyl (C=O) groups excluding carboxylic acids is 1. The molecule has 0 aromatic heterocycles. The number of anilines is 1. The lowest BCUT2D eigenvalue weighted by molar-refractivity contribution is -0.115. The normalized spacial score (nSPS) is 11.1. The lowest BCUT2D eigenvalue weighted by Crippen LogP contribution is -2.09. The van der Waals surface area contributed by atoms with E-state index in [1.807, 2.05) is 0 Å². The zero-order valence-corrected chi connectivity index (χ0v) is 8.55. The molecule has 6 heteroatoms. The number of hydrogen-bond acceptors (Lipinski definition) is 3. The number of carbonyl (C=O) groups is 1. The maximum atomic E-state index is 12.5. The minimum absolute atomic E-state index is 0.0726. The second-order valence-electron chi connectivity index (χ2n) is 2.76. The molecule has 1 N–H and O–H groups in total. The third kappa shape index (κ3) is 3.32. The van der Waals surface area contributed by atoms with Crippen molar-refractivity contribution in [2.24, 2.45) is 0 Å². The first-order chi connectivity index (χ1) is 6.93. The van der Waals surface area contributed by atoms with Crippen molar-refractivity contribution >= 4 is 21.8 Å². The Hall–Kier alpha value is -1.43. The van der Waals surface area contributed by atoms with Crippen LogP contribution < -0.4 is 5.32 Å². The summed E-state index contributed by atoms with van der Waals surface area (Å²) in [4.78, 5) is 10.5. The average molecular weight is 230 g/mol. The molecule has 0 saturated heterocycles. The summed E-state index contributed by atoms with van der Waals surface area (Å²) in [6.45, 7) is 3.37. The van der Waals surface area contributed by atoms with E-state index in [0.717, 1.165) is 12.1 Å². The number of benzene rings is 1. The van der Waals surface area contributed by atoms with Gasteiger partial charge in [0.25, 0.3) is 0 Å². The monoisotopic (exact) mass is 230 g/mol. The van der Waals surface area contributed by atoms with Crippen LogP contribution in [0.4, 0.5) is 9.57 Å². The molecule has 0 spiro atoms. The first-order valence-electron chi connectivity index (χ1n) is 4.07. The minimum Gasteiger partial charge on any atom is -0.326 e. The Balaban J connectivity index is 2.86. The van der Waals surface area contributed by atoms with Crippen LogP contribution in [0.2, 0.25) is 0 Å². The van der Waals surface area contributed by atoms with Gasteiger partial charge in [0.05, 0.1) is 4.90 Å². The van der Waals surface area contributed by atoms with E-state index in [9.17, 15) is 17.1 Å². The highest BCUT2D eigenvalue weighted by atomic mass is 32.3. The molecule has 1 rings (SSSR count). The van der Waals surface area contributed by atoms with E-state index < -0.39 is 15.1 Å². The molecular weight excluding hydrogens is 221 g/mol. The summed E-state index contributed by atoms with van der Waals surface area (Å²) in [6.07, 6.45) is 0.0726. The van der Waals surface area contributed by atoms with Gasteiger partial charge < -0.3 is 5.32 Å². The van der Waals surface area contributed by atoms with Crippen molar-refractivity contribution in [2.45, 2.75) is 11.3 Å². The van der Waals surface area contributed by atoms with Gasteiger partial charge in [-0.3, -0.25) is 4.79 Å². The minimum atomic E-state index is -4.68. The molecule has 0 saturated carbocycles. The molecule has 0 aliphatic heterocycles. The SMILES string of the molecule is [CH2]CC(=O)Nc1ccc(S(=O)(=O)F)cc1. The van der Waals surface area contributed by atoms with Gasteiger partial charge in [0.15, 0.2) is 0 Å². The first kappa shape index (κ1) is 11.6. The standard InChI is InChI=1S/C9H9FNO3S/c1-2-9(12)11-7-3-5-8(6-4-7)15(10,13)14/h3-6H,1-2H2,(H,11,12). The van der Waals surface area contributed by atoms with E-state index in [1.165, 1.54) is 12.1 Å². The third-order valence-electron chi connectivity index (χ3n) is 1.65. The van der Waals surface area contributed by atoms with Gasteiger partial charge in [-0.2, -0.15) is 8.42 Å². The van der Waals surface area contributed by atoms with E-state index in [-0.39, 0.29) is 12.3 Å². The topological polar surface area (TPSA) is 63.2 Å². The highest BCUT2D eigenvalue weighted by Crippen LogP contribution is 2.15. The molecular formula is C9H9FNO3S. The predicted octanol–water partition coefficient (Wildman–Crippen LogP) is 1.51. The highest BCUT2D eigenvalue weighted by Gasteiger charge is 2.10. The van der Waals surface area contributed by atoms with Crippen LogP contribution >= 0.6 is 0 Å². The zero-order valence-electron chi connectivity index (χ0n) is 7.73. The van der Waals surface area contributed by atoms with Crippen LogP contribution in [0.1, 0.15) is 6.42 Å². The quantitative estimate of drug-likeness (QED) is 0.800. The Morgan fingerprint density at radius 2 is 1.87 bits per heavy atom. The molecule has 15 heavy (non-hydrogen) atoms. The third-order valence-corrected chi connectivity index (χ3v) is 2.48. The molecule has 1 amide bonds. The van der Waals surface area contributed by atoms with E-state index in [2.05, 4.69) is 12.2 Å². The van der Waals surface area contributed by atoms with Crippen molar-refractivity contribution in [1.82, 2.24) is 0 Å². The Kier molecular flexibility index (Phi) is 3.41. The highest BCUT2D eigenvalue weighted by molar-refractivity contribution is 7.86. The average Bonchev–Trinajstić information content (AvgIpc) is 2.17. The number of nitrogens with one attached hydrogen (secondary N) is 1. The van der Waals surface area contributed by atoms with Crippen molar-refractivity contribution in [3.05, 3.63) is 31.2 Å². The lowest BCUT2D eigenvalue weighted by atomic mass is 10.3. The van der Waals surface area contributed by atoms with Gasteiger partial charge in [0.2, 0.25) is 5.91 Å². The molecule has 1 radical (unpaired) electrons. The summed E-state index contributed by atoms with van der Waals surface area (Å²) in [5.74, 6) is -0.300. The van der Waals surface area contributed by atoms with Crippen molar-refractivity contribution in [3.63, 3.8) is 0 Å². The molecule has 1 aromatic rings. The fourth-order valence-electron chi connectivity index (χ4n) is 0.924. The molecule has 1 aromatic carbocycles. The number of amides is 1. The Morgan fingerprint density at radius 1 is 1.33 bits per heavy atom. The molecule has 0 unspecified atom stereocenters. The van der Waals surface area contributed by atoms with Crippen LogP contribution in [0, 0.1) is 6.92 Å². The Morgan fingerprint density at radius 3 is 2.27 bits per heavy atom. The van der Waals surface area contributed by atoms with Gasteiger partial charge in [-0.05, 0) is 31.2 Å². The zero-order chi connectivity index (χ0) is 11.5. The van der Waals surface area contributed by atoms with Gasteiger partial charge in [0, 0.05) is 12.1 Å². The fraction of sp³-hybridized carbons (Fsp3) is 0.111. The molecule has 0 heterocycles. The van der Waals surface area contributed by atoms with Crippen LogP contribution in [0.5, 0.6) is 0 Å². The summed E-state index contributed by atoms with van der Waals surface area (Å²) in [6, 6.07) is 4.77. The van der Waals surface area contributed by atoms with Crippen LogP contribution in [0.15, 0.2) is 29.2 Å². The molecule has 0 atom stereocenters. The van der Waals surface area contributed by atoms with Crippen molar-refractivity contribution in [1.29, 1.82) is 0 Å².